The van der Waals surface area contributed by atoms with E-state index in [-0.39, 0.29) is 29.1 Å². The Hall–Kier alpha value is -1.95. The molecule has 6 rings (SSSR count). The van der Waals surface area contributed by atoms with Crippen LogP contribution in [0.1, 0.15) is 70.8 Å². The van der Waals surface area contributed by atoms with E-state index in [1.54, 1.807) is 0 Å². The van der Waals surface area contributed by atoms with E-state index >= 15 is 0 Å². The number of piperidine rings is 1. The molecule has 0 N–H and O–H groups in total. The van der Waals surface area contributed by atoms with Gasteiger partial charge in [0.15, 0.2) is 0 Å². The van der Waals surface area contributed by atoms with Crippen molar-refractivity contribution in [3.8, 4) is 0 Å². The van der Waals surface area contributed by atoms with E-state index in [0.717, 1.165) is 81.6 Å². The van der Waals surface area contributed by atoms with Gasteiger partial charge in [0.1, 0.15) is 5.82 Å². The summed E-state index contributed by atoms with van der Waals surface area (Å²) < 4.78 is 13.6. The van der Waals surface area contributed by atoms with Crippen molar-refractivity contribution in [1.82, 2.24) is 14.7 Å². The Morgan fingerprint density at radius 3 is 2.00 bits per heavy atom. The first-order chi connectivity index (χ1) is 16.9. The van der Waals surface area contributed by atoms with E-state index in [0.29, 0.717) is 13.1 Å². The van der Waals surface area contributed by atoms with Gasteiger partial charge in [0.2, 0.25) is 11.8 Å². The second-order valence-electron chi connectivity index (χ2n) is 11.8. The summed E-state index contributed by atoms with van der Waals surface area (Å²) in [5.74, 6) is 2.60. The zero-order chi connectivity index (χ0) is 24.6. The lowest BCUT2D eigenvalue weighted by atomic mass is 9.52. The molecular weight excluding hydrogens is 441 g/mol. The first-order valence-electron chi connectivity index (χ1n) is 13.9. The van der Waals surface area contributed by atoms with Crippen molar-refractivity contribution in [2.75, 3.05) is 32.7 Å². The van der Waals surface area contributed by atoms with Crippen LogP contribution in [0, 0.1) is 29.5 Å². The number of nitrogens with zero attached hydrogens (tertiary/aromatic N) is 3. The van der Waals surface area contributed by atoms with E-state index < -0.39 is 0 Å². The van der Waals surface area contributed by atoms with Gasteiger partial charge in [-0.1, -0.05) is 12.1 Å². The summed E-state index contributed by atoms with van der Waals surface area (Å²) in [6.45, 7) is 8.19. The van der Waals surface area contributed by atoms with Crippen LogP contribution >= 0.6 is 0 Å². The Morgan fingerprint density at radius 2 is 1.49 bits per heavy atom. The third-order valence-corrected chi connectivity index (χ3v) is 9.50. The molecule has 4 aliphatic carbocycles. The average Bonchev–Trinajstić information content (AvgIpc) is 2.84. The molecule has 1 heterocycles. The van der Waals surface area contributed by atoms with Crippen molar-refractivity contribution >= 4 is 11.8 Å². The molecule has 0 radical (unpaired) electrons. The Kier molecular flexibility index (Phi) is 7.20. The van der Waals surface area contributed by atoms with Gasteiger partial charge in [-0.25, -0.2) is 4.39 Å². The second-order valence-corrected chi connectivity index (χ2v) is 11.8. The fourth-order valence-corrected chi connectivity index (χ4v) is 8.10. The summed E-state index contributed by atoms with van der Waals surface area (Å²) in [5, 5.41) is 0. The van der Waals surface area contributed by atoms with Gasteiger partial charge in [0.05, 0.1) is 6.54 Å². The molecule has 5 aliphatic rings. The molecule has 1 aromatic carbocycles. The van der Waals surface area contributed by atoms with Gasteiger partial charge in [-0.05, 0) is 114 Å². The van der Waals surface area contributed by atoms with Crippen LogP contribution in [0.3, 0.4) is 0 Å². The molecule has 6 heteroatoms. The van der Waals surface area contributed by atoms with E-state index in [1.807, 2.05) is 30.9 Å². The summed E-state index contributed by atoms with van der Waals surface area (Å²) >= 11 is 0. The highest BCUT2D eigenvalue weighted by Crippen LogP contribution is 2.58. The number of hydrogen-bond acceptors (Lipinski definition) is 3. The van der Waals surface area contributed by atoms with E-state index in [4.69, 9.17) is 0 Å². The smallest absolute Gasteiger partial charge is 0.237 e. The molecule has 5 fully saturated rings. The number of halogens is 1. The number of carbonyl (C=O) groups excluding carboxylic acids is 2. The summed E-state index contributed by atoms with van der Waals surface area (Å²) in [7, 11) is 0. The lowest BCUT2D eigenvalue weighted by Gasteiger charge is -2.60. The van der Waals surface area contributed by atoms with Gasteiger partial charge in [-0.3, -0.25) is 14.5 Å². The molecule has 0 aromatic heterocycles. The Labute approximate surface area is 210 Å². The molecule has 0 unspecified atom stereocenters. The second kappa shape index (κ2) is 10.2. The summed E-state index contributed by atoms with van der Waals surface area (Å²) in [5.41, 5.74) is 0.982. The molecule has 1 aromatic rings. The maximum absolute atomic E-state index is 13.9. The maximum Gasteiger partial charge on any atom is 0.237 e. The van der Waals surface area contributed by atoms with Crippen LogP contribution in [0.2, 0.25) is 0 Å². The predicted octanol–water partition coefficient (Wildman–Crippen LogP) is 4.70. The van der Waals surface area contributed by atoms with Gasteiger partial charge in [-0.15, -0.1) is 0 Å². The van der Waals surface area contributed by atoms with Gasteiger partial charge in [0, 0.05) is 31.1 Å². The normalized spacial score (nSPS) is 30.4. The van der Waals surface area contributed by atoms with Crippen molar-refractivity contribution in [3.05, 3.63) is 35.6 Å². The molecule has 0 spiro atoms. The van der Waals surface area contributed by atoms with Crippen LogP contribution in [0.15, 0.2) is 24.3 Å². The lowest BCUT2D eigenvalue weighted by molar-refractivity contribution is -0.154. The minimum atomic E-state index is -0.233. The Bertz CT molecular complexity index is 870. The number of amides is 2. The van der Waals surface area contributed by atoms with Gasteiger partial charge in [0.25, 0.3) is 0 Å². The third-order valence-electron chi connectivity index (χ3n) is 9.50. The molecule has 192 valence electrons. The zero-order valence-electron chi connectivity index (χ0n) is 21.6. The SMILES string of the molecule is CCN(CC)C(=O)C1CCN(CC(=O)N(Cc2ccc(F)cc2)C23CC4CC(CC(C4)C2)C3)CC1. The molecule has 2 amide bonds. The monoisotopic (exact) mass is 483 g/mol. The first-order valence-corrected chi connectivity index (χ1v) is 13.9. The summed E-state index contributed by atoms with van der Waals surface area (Å²) in [6.07, 6.45) is 9.07. The van der Waals surface area contributed by atoms with Gasteiger partial charge < -0.3 is 9.80 Å². The van der Waals surface area contributed by atoms with Crippen molar-refractivity contribution in [1.29, 1.82) is 0 Å². The van der Waals surface area contributed by atoms with Crippen LogP contribution in [-0.2, 0) is 16.1 Å². The number of hydrogen-bond donors (Lipinski definition) is 0. The fraction of sp³-hybridized carbons (Fsp3) is 0.724. The van der Waals surface area contributed by atoms with E-state index in [1.165, 1.54) is 31.4 Å². The topological polar surface area (TPSA) is 43.9 Å². The van der Waals surface area contributed by atoms with Crippen molar-refractivity contribution in [2.24, 2.45) is 23.7 Å². The standard InChI is InChI=1S/C29H42FN3O2/c1-3-32(4-2)28(35)25-9-11-31(12-10-25)20-27(34)33(19-21-5-7-26(30)8-6-21)29-16-22-13-23(17-29)15-24(14-22)18-29/h5-8,22-25H,3-4,9-20H2,1-2H3. The minimum Gasteiger partial charge on any atom is -0.343 e. The van der Waals surface area contributed by atoms with Crippen molar-refractivity contribution in [3.63, 3.8) is 0 Å². The van der Waals surface area contributed by atoms with Crippen molar-refractivity contribution < 1.29 is 14.0 Å². The fourth-order valence-electron chi connectivity index (χ4n) is 8.10. The van der Waals surface area contributed by atoms with E-state index in [9.17, 15) is 14.0 Å². The molecule has 35 heavy (non-hydrogen) atoms. The Morgan fingerprint density at radius 1 is 0.943 bits per heavy atom. The Balaban J connectivity index is 1.28. The average molecular weight is 484 g/mol. The quantitative estimate of drug-likeness (QED) is 0.538. The van der Waals surface area contributed by atoms with Crippen LogP contribution in [-0.4, -0.2) is 64.8 Å². The molecule has 1 saturated heterocycles. The minimum absolute atomic E-state index is 0.0305. The highest BCUT2D eigenvalue weighted by molar-refractivity contribution is 5.80. The predicted molar refractivity (Wildman–Crippen MR) is 135 cm³/mol. The molecule has 5 nitrogen and oxygen atoms in total. The van der Waals surface area contributed by atoms with Gasteiger partial charge >= 0.3 is 0 Å². The van der Waals surface area contributed by atoms with Crippen LogP contribution < -0.4 is 0 Å². The summed E-state index contributed by atoms with van der Waals surface area (Å²) in [6, 6.07) is 6.69. The molecule has 4 saturated carbocycles. The van der Waals surface area contributed by atoms with Crippen LogP contribution in [0.5, 0.6) is 0 Å². The highest BCUT2D eigenvalue weighted by atomic mass is 19.1. The van der Waals surface area contributed by atoms with Gasteiger partial charge in [-0.2, -0.15) is 0 Å². The van der Waals surface area contributed by atoms with E-state index in [2.05, 4.69) is 9.80 Å². The first kappa shape index (κ1) is 24.7. The molecular formula is C29H42FN3O2. The zero-order valence-corrected chi connectivity index (χ0v) is 21.6. The lowest BCUT2D eigenvalue weighted by Crippen LogP contribution is -2.62. The third kappa shape index (κ3) is 5.14. The number of likely N-dealkylation sites (tertiary alicyclic amines) is 1. The number of carbonyl (C=O) groups is 2. The highest BCUT2D eigenvalue weighted by Gasteiger charge is 2.54. The molecule has 4 bridgehead atoms. The molecule has 1 aliphatic heterocycles. The maximum atomic E-state index is 13.9. The number of benzene rings is 1. The molecule has 0 atom stereocenters. The van der Waals surface area contributed by atoms with Crippen LogP contribution in [0.25, 0.3) is 0 Å². The largest absolute Gasteiger partial charge is 0.343 e. The summed E-state index contributed by atoms with van der Waals surface area (Å²) in [4.78, 5) is 33.1. The number of rotatable bonds is 8. The van der Waals surface area contributed by atoms with Crippen molar-refractivity contribution in [2.45, 2.75) is 77.3 Å². The van der Waals surface area contributed by atoms with Crippen LogP contribution in [0.4, 0.5) is 4.39 Å².